The lowest BCUT2D eigenvalue weighted by Crippen LogP contribution is -2.17. The Morgan fingerprint density at radius 2 is 1.97 bits per heavy atom. The predicted octanol–water partition coefficient (Wildman–Crippen LogP) is 2.31. The molecule has 3 rings (SSSR count). The van der Waals surface area contributed by atoms with Crippen LogP contribution in [0.25, 0.3) is 5.69 Å². The molecule has 0 spiro atoms. The van der Waals surface area contributed by atoms with Crippen LogP contribution in [0.5, 0.6) is 11.5 Å². The van der Waals surface area contributed by atoms with E-state index in [0.717, 1.165) is 28.7 Å². The first-order valence-corrected chi connectivity index (χ1v) is 10.5. The van der Waals surface area contributed by atoms with E-state index < -0.39 is 0 Å². The smallest absolute Gasteiger partial charge is 0.214 e. The Hall–Kier alpha value is -2.62. The highest BCUT2D eigenvalue weighted by Gasteiger charge is 2.09. The van der Waals surface area contributed by atoms with E-state index in [4.69, 9.17) is 14.6 Å². The zero-order chi connectivity index (χ0) is 20.3. The summed E-state index contributed by atoms with van der Waals surface area (Å²) in [7, 11) is 0. The van der Waals surface area contributed by atoms with Crippen LogP contribution in [-0.2, 0) is 6.54 Å². The highest BCUT2D eigenvalue weighted by molar-refractivity contribution is 7.99. The molecule has 0 unspecified atom stereocenters. The van der Waals surface area contributed by atoms with Crippen molar-refractivity contribution in [2.75, 3.05) is 32.1 Å². The zero-order valence-electron chi connectivity index (χ0n) is 16.3. The topological polar surface area (TPSA) is 94.3 Å². The van der Waals surface area contributed by atoms with Gasteiger partial charge in [0.1, 0.15) is 6.61 Å². The van der Waals surface area contributed by atoms with E-state index in [1.807, 2.05) is 55.5 Å². The van der Waals surface area contributed by atoms with Crippen LogP contribution in [0.3, 0.4) is 0 Å². The van der Waals surface area contributed by atoms with E-state index in [-0.39, 0.29) is 13.2 Å². The quantitative estimate of drug-likeness (QED) is 0.344. The third-order valence-corrected chi connectivity index (χ3v) is 4.86. The maximum atomic E-state index is 8.93. The fourth-order valence-electron chi connectivity index (χ4n) is 2.65. The summed E-state index contributed by atoms with van der Waals surface area (Å²) in [4.78, 5) is 0. The molecule has 0 fully saturated rings. The molecule has 29 heavy (non-hydrogen) atoms. The molecule has 2 aromatic carbocycles. The van der Waals surface area contributed by atoms with Crippen molar-refractivity contribution in [3.8, 4) is 17.2 Å². The fourth-order valence-corrected chi connectivity index (χ4v) is 3.44. The Morgan fingerprint density at radius 3 is 2.76 bits per heavy atom. The largest absolute Gasteiger partial charge is 0.490 e. The van der Waals surface area contributed by atoms with E-state index in [9.17, 15) is 0 Å². The van der Waals surface area contributed by atoms with Crippen molar-refractivity contribution >= 4 is 11.8 Å². The van der Waals surface area contributed by atoms with Gasteiger partial charge in [0.25, 0.3) is 0 Å². The Kier molecular flexibility index (Phi) is 8.29. The minimum absolute atomic E-state index is 0.0277. The molecule has 8 nitrogen and oxygen atoms in total. The van der Waals surface area contributed by atoms with Gasteiger partial charge in [0.15, 0.2) is 11.5 Å². The lowest BCUT2D eigenvalue weighted by Gasteiger charge is -2.13. The molecule has 0 aliphatic carbocycles. The van der Waals surface area contributed by atoms with Gasteiger partial charge in [-0.25, -0.2) is 0 Å². The van der Waals surface area contributed by atoms with Gasteiger partial charge < -0.3 is 19.9 Å². The first kappa shape index (κ1) is 21.1. The summed E-state index contributed by atoms with van der Waals surface area (Å²) in [6, 6.07) is 15.7. The second kappa shape index (κ2) is 11.4. The molecule has 0 aliphatic heterocycles. The van der Waals surface area contributed by atoms with Gasteiger partial charge >= 0.3 is 0 Å². The molecular weight excluding hydrogens is 390 g/mol. The van der Waals surface area contributed by atoms with Crippen LogP contribution in [0.15, 0.2) is 53.7 Å². The van der Waals surface area contributed by atoms with Crippen molar-refractivity contribution in [2.45, 2.75) is 18.6 Å². The number of ether oxygens (including phenoxy) is 2. The van der Waals surface area contributed by atoms with Gasteiger partial charge in [-0.3, -0.25) is 0 Å². The summed E-state index contributed by atoms with van der Waals surface area (Å²) in [5.41, 5.74) is 2.05. The first-order valence-electron chi connectivity index (χ1n) is 9.48. The molecule has 154 valence electrons. The molecule has 0 aliphatic rings. The average molecular weight is 416 g/mol. The standard InChI is InChI=1S/C20H25N5O3S/c1-2-27-19-14-16(8-9-18(19)28-12-11-26)15-21-10-13-29-20-22-23-24-25(20)17-6-4-3-5-7-17/h3-9,14,21,26H,2,10-13,15H2,1H3. The molecule has 0 radical (unpaired) electrons. The van der Waals surface area contributed by atoms with Crippen molar-refractivity contribution in [3.63, 3.8) is 0 Å². The summed E-state index contributed by atoms with van der Waals surface area (Å²) in [6.07, 6.45) is 0. The van der Waals surface area contributed by atoms with Crippen LogP contribution >= 0.6 is 11.8 Å². The number of aliphatic hydroxyl groups excluding tert-OH is 1. The fraction of sp³-hybridized carbons (Fsp3) is 0.350. The summed E-state index contributed by atoms with van der Waals surface area (Å²) < 4.78 is 12.9. The average Bonchev–Trinajstić information content (AvgIpc) is 3.22. The van der Waals surface area contributed by atoms with Crippen LogP contribution in [-0.4, -0.2) is 57.4 Å². The minimum Gasteiger partial charge on any atom is -0.490 e. The number of hydrogen-bond acceptors (Lipinski definition) is 8. The molecule has 9 heteroatoms. The summed E-state index contributed by atoms with van der Waals surface area (Å²) in [5, 5.41) is 25.1. The highest BCUT2D eigenvalue weighted by Crippen LogP contribution is 2.28. The second-order valence-electron chi connectivity index (χ2n) is 6.02. The number of hydrogen-bond donors (Lipinski definition) is 2. The number of benzene rings is 2. The molecular formula is C20H25N5O3S. The second-order valence-corrected chi connectivity index (χ2v) is 7.08. The minimum atomic E-state index is -0.0277. The number of aromatic nitrogens is 4. The van der Waals surface area contributed by atoms with Gasteiger partial charge in [0, 0.05) is 18.8 Å². The molecule has 3 aromatic rings. The van der Waals surface area contributed by atoms with Gasteiger partial charge in [-0.05, 0) is 47.2 Å². The van der Waals surface area contributed by atoms with E-state index in [0.29, 0.717) is 24.7 Å². The van der Waals surface area contributed by atoms with Crippen molar-refractivity contribution in [1.82, 2.24) is 25.5 Å². The highest BCUT2D eigenvalue weighted by atomic mass is 32.2. The molecule has 0 saturated heterocycles. The monoisotopic (exact) mass is 415 g/mol. The van der Waals surface area contributed by atoms with Gasteiger partial charge in [0.05, 0.1) is 18.9 Å². The number of tetrazole rings is 1. The van der Waals surface area contributed by atoms with Crippen LogP contribution in [0.4, 0.5) is 0 Å². The van der Waals surface area contributed by atoms with Crippen molar-refractivity contribution in [3.05, 3.63) is 54.1 Å². The SMILES string of the molecule is CCOc1cc(CNCCSc2nnnn2-c2ccccc2)ccc1OCCO. The van der Waals surface area contributed by atoms with E-state index in [1.165, 1.54) is 0 Å². The maximum Gasteiger partial charge on any atom is 0.214 e. The van der Waals surface area contributed by atoms with Crippen LogP contribution in [0, 0.1) is 0 Å². The van der Waals surface area contributed by atoms with Crippen molar-refractivity contribution < 1.29 is 14.6 Å². The summed E-state index contributed by atoms with van der Waals surface area (Å²) in [6.45, 7) is 4.22. The lowest BCUT2D eigenvalue weighted by molar-refractivity contribution is 0.194. The Bertz CT molecular complexity index is 876. The van der Waals surface area contributed by atoms with Gasteiger partial charge in [-0.1, -0.05) is 36.0 Å². The van der Waals surface area contributed by atoms with Gasteiger partial charge in [-0.15, -0.1) is 5.10 Å². The zero-order valence-corrected chi connectivity index (χ0v) is 17.1. The van der Waals surface area contributed by atoms with Crippen LogP contribution < -0.4 is 14.8 Å². The third-order valence-electron chi connectivity index (χ3n) is 3.94. The number of rotatable bonds is 12. The van der Waals surface area contributed by atoms with E-state index >= 15 is 0 Å². The molecule has 1 heterocycles. The summed E-state index contributed by atoms with van der Waals surface area (Å²) >= 11 is 1.60. The number of thioether (sulfide) groups is 1. The Morgan fingerprint density at radius 1 is 1.10 bits per heavy atom. The normalized spacial score (nSPS) is 10.8. The van der Waals surface area contributed by atoms with Crippen molar-refractivity contribution in [2.24, 2.45) is 0 Å². The maximum absolute atomic E-state index is 8.93. The van der Waals surface area contributed by atoms with E-state index in [2.05, 4.69) is 20.8 Å². The van der Waals surface area contributed by atoms with Crippen LogP contribution in [0.1, 0.15) is 12.5 Å². The molecule has 0 atom stereocenters. The molecule has 0 bridgehead atoms. The predicted molar refractivity (Wildman–Crippen MR) is 112 cm³/mol. The number of nitrogens with zero attached hydrogens (tertiary/aromatic N) is 4. The number of nitrogens with one attached hydrogen (secondary N) is 1. The molecule has 0 saturated carbocycles. The first-order chi connectivity index (χ1) is 14.3. The van der Waals surface area contributed by atoms with Gasteiger partial charge in [0.2, 0.25) is 5.16 Å². The molecule has 1 aromatic heterocycles. The lowest BCUT2D eigenvalue weighted by atomic mass is 10.2. The van der Waals surface area contributed by atoms with Crippen LogP contribution in [0.2, 0.25) is 0 Å². The van der Waals surface area contributed by atoms with E-state index in [1.54, 1.807) is 16.4 Å². The Labute approximate surface area is 174 Å². The Balaban J connectivity index is 1.48. The third kappa shape index (κ3) is 6.18. The molecule has 0 amide bonds. The number of aliphatic hydroxyl groups is 1. The van der Waals surface area contributed by atoms with Gasteiger partial charge in [-0.2, -0.15) is 4.68 Å². The summed E-state index contributed by atoms with van der Waals surface area (Å²) in [5.74, 6) is 2.17. The number of para-hydroxylation sites is 1. The molecule has 2 N–H and O–H groups in total. The van der Waals surface area contributed by atoms with Crippen molar-refractivity contribution in [1.29, 1.82) is 0 Å².